The zero-order chi connectivity index (χ0) is 18.0. The lowest BCUT2D eigenvalue weighted by Gasteiger charge is -2.16. The Hall–Kier alpha value is -2.93. The highest BCUT2D eigenvalue weighted by atomic mass is 16.1. The molecule has 0 aliphatic carbocycles. The van der Waals surface area contributed by atoms with Crippen molar-refractivity contribution >= 4 is 16.8 Å². The Morgan fingerprint density at radius 3 is 2.56 bits per heavy atom. The number of para-hydroxylation sites is 1. The fourth-order valence-electron chi connectivity index (χ4n) is 2.98. The molecular formula is C21H21N3O. The number of carbonyl (C=O) groups excluding carboxylic acids is 1. The van der Waals surface area contributed by atoms with E-state index in [1.54, 1.807) is 13.3 Å². The largest absolute Gasteiger partial charge is 0.330 e. The van der Waals surface area contributed by atoms with Crippen LogP contribution in [0.2, 0.25) is 0 Å². The third-order valence-electron chi connectivity index (χ3n) is 4.61. The van der Waals surface area contributed by atoms with Gasteiger partial charge in [-0.1, -0.05) is 30.3 Å². The average molecular weight is 331 g/mol. The SMILES string of the molecule is CC(=O)c1cccc2ncn(CCc3ccc(C(C)(C)C#N)cc3)c12. The van der Waals surface area contributed by atoms with Crippen LogP contribution >= 0.6 is 0 Å². The van der Waals surface area contributed by atoms with Gasteiger partial charge in [0.05, 0.1) is 28.8 Å². The van der Waals surface area contributed by atoms with Crippen LogP contribution in [0.3, 0.4) is 0 Å². The Balaban J connectivity index is 1.82. The summed E-state index contributed by atoms with van der Waals surface area (Å²) >= 11 is 0. The molecule has 2 aromatic carbocycles. The molecular weight excluding hydrogens is 310 g/mol. The van der Waals surface area contributed by atoms with Gasteiger partial charge in [0.1, 0.15) is 0 Å². The van der Waals surface area contributed by atoms with Crippen molar-refractivity contribution in [3.63, 3.8) is 0 Å². The van der Waals surface area contributed by atoms with Crippen LogP contribution in [0.15, 0.2) is 48.8 Å². The van der Waals surface area contributed by atoms with Gasteiger partial charge in [-0.3, -0.25) is 4.79 Å². The first kappa shape index (κ1) is 16.9. The Bertz CT molecular complexity index is 959. The molecule has 126 valence electrons. The normalized spacial score (nSPS) is 11.4. The van der Waals surface area contributed by atoms with Crippen LogP contribution in [0.4, 0.5) is 0 Å². The van der Waals surface area contributed by atoms with E-state index in [9.17, 15) is 10.1 Å². The fourth-order valence-corrected chi connectivity index (χ4v) is 2.98. The molecule has 0 N–H and O–H groups in total. The van der Waals surface area contributed by atoms with Gasteiger partial charge in [0, 0.05) is 12.1 Å². The molecule has 0 saturated heterocycles. The number of nitriles is 1. The number of imidazole rings is 1. The maximum Gasteiger partial charge on any atom is 0.161 e. The Kier molecular flexibility index (Phi) is 4.41. The number of fused-ring (bicyclic) bond motifs is 1. The molecule has 0 bridgehead atoms. The number of carbonyl (C=O) groups is 1. The smallest absolute Gasteiger partial charge is 0.161 e. The summed E-state index contributed by atoms with van der Waals surface area (Å²) in [6.45, 7) is 6.18. The summed E-state index contributed by atoms with van der Waals surface area (Å²) in [6.07, 6.45) is 2.63. The van der Waals surface area contributed by atoms with Crippen molar-refractivity contribution in [2.24, 2.45) is 0 Å². The van der Waals surface area contributed by atoms with Crippen molar-refractivity contribution in [1.29, 1.82) is 5.26 Å². The van der Waals surface area contributed by atoms with Crippen LogP contribution in [0, 0.1) is 11.3 Å². The highest BCUT2D eigenvalue weighted by molar-refractivity contribution is 6.04. The third kappa shape index (κ3) is 3.32. The third-order valence-corrected chi connectivity index (χ3v) is 4.61. The summed E-state index contributed by atoms with van der Waals surface area (Å²) < 4.78 is 2.04. The number of rotatable bonds is 5. The van der Waals surface area contributed by atoms with E-state index >= 15 is 0 Å². The predicted octanol–water partition coefficient (Wildman–Crippen LogP) is 4.28. The van der Waals surface area contributed by atoms with Crippen LogP contribution in [-0.2, 0) is 18.4 Å². The second-order valence-electron chi connectivity index (χ2n) is 6.85. The number of aromatic nitrogens is 2. The Morgan fingerprint density at radius 2 is 1.92 bits per heavy atom. The molecule has 25 heavy (non-hydrogen) atoms. The van der Waals surface area contributed by atoms with E-state index in [-0.39, 0.29) is 5.78 Å². The monoisotopic (exact) mass is 331 g/mol. The second kappa shape index (κ2) is 6.52. The maximum atomic E-state index is 11.9. The lowest BCUT2D eigenvalue weighted by Crippen LogP contribution is -2.13. The van der Waals surface area contributed by atoms with Gasteiger partial charge >= 0.3 is 0 Å². The first-order valence-electron chi connectivity index (χ1n) is 8.38. The van der Waals surface area contributed by atoms with Crippen LogP contribution in [-0.4, -0.2) is 15.3 Å². The van der Waals surface area contributed by atoms with Crippen molar-refractivity contribution in [3.05, 3.63) is 65.5 Å². The zero-order valence-corrected chi connectivity index (χ0v) is 14.8. The molecule has 0 radical (unpaired) electrons. The van der Waals surface area contributed by atoms with E-state index in [4.69, 9.17) is 0 Å². The van der Waals surface area contributed by atoms with Gasteiger partial charge in [-0.2, -0.15) is 5.26 Å². The topological polar surface area (TPSA) is 58.7 Å². The van der Waals surface area contributed by atoms with Crippen LogP contribution in [0.1, 0.15) is 42.3 Å². The number of benzene rings is 2. The first-order valence-corrected chi connectivity index (χ1v) is 8.38. The average Bonchev–Trinajstić information content (AvgIpc) is 3.03. The molecule has 0 unspecified atom stereocenters. The minimum absolute atomic E-state index is 0.0513. The van der Waals surface area contributed by atoms with Gasteiger partial charge in [-0.25, -0.2) is 4.98 Å². The van der Waals surface area contributed by atoms with Gasteiger partial charge in [-0.05, 0) is 50.5 Å². The van der Waals surface area contributed by atoms with E-state index in [1.165, 1.54) is 5.56 Å². The first-order chi connectivity index (χ1) is 11.9. The second-order valence-corrected chi connectivity index (χ2v) is 6.85. The molecule has 0 fully saturated rings. The summed E-state index contributed by atoms with van der Waals surface area (Å²) in [4.78, 5) is 16.3. The molecule has 0 saturated carbocycles. The Labute approximate surface area is 147 Å². The van der Waals surface area contributed by atoms with E-state index in [0.29, 0.717) is 5.56 Å². The summed E-state index contributed by atoms with van der Waals surface area (Å²) in [5.41, 5.74) is 4.19. The summed E-state index contributed by atoms with van der Waals surface area (Å²) in [6, 6.07) is 16.1. The van der Waals surface area contributed by atoms with Crippen molar-refractivity contribution < 1.29 is 4.79 Å². The van der Waals surface area contributed by atoms with Crippen molar-refractivity contribution in [2.45, 2.75) is 39.2 Å². The van der Waals surface area contributed by atoms with Crippen LogP contribution in [0.25, 0.3) is 11.0 Å². The van der Waals surface area contributed by atoms with Crippen molar-refractivity contribution in [1.82, 2.24) is 9.55 Å². The predicted molar refractivity (Wildman–Crippen MR) is 98.5 cm³/mol. The number of nitrogens with zero attached hydrogens (tertiary/aromatic N) is 3. The summed E-state index contributed by atoms with van der Waals surface area (Å²) in [5.74, 6) is 0.0513. The number of ketones is 1. The van der Waals surface area contributed by atoms with Gasteiger partial charge in [0.15, 0.2) is 5.78 Å². The molecule has 4 nitrogen and oxygen atoms in total. The van der Waals surface area contributed by atoms with E-state index in [1.807, 2.05) is 48.7 Å². The van der Waals surface area contributed by atoms with Gasteiger partial charge in [-0.15, -0.1) is 0 Å². The van der Waals surface area contributed by atoms with Gasteiger partial charge in [0.25, 0.3) is 0 Å². The van der Waals surface area contributed by atoms with E-state index in [2.05, 4.69) is 23.2 Å². The lowest BCUT2D eigenvalue weighted by molar-refractivity contribution is 0.101. The number of Topliss-reactive ketones (excluding diaryl/α,β-unsaturated/α-hetero) is 1. The highest BCUT2D eigenvalue weighted by Crippen LogP contribution is 2.23. The standard InChI is InChI=1S/C21H21N3O/c1-15(25)18-5-4-6-19-20(18)24(14-23-19)12-11-16-7-9-17(10-8-16)21(2,3)13-22/h4-10,14H,11-12H2,1-3H3. The molecule has 0 atom stereocenters. The maximum absolute atomic E-state index is 11.9. The lowest BCUT2D eigenvalue weighted by atomic mass is 9.86. The minimum Gasteiger partial charge on any atom is -0.330 e. The van der Waals surface area contributed by atoms with Crippen molar-refractivity contribution in [2.75, 3.05) is 0 Å². The molecule has 0 spiro atoms. The minimum atomic E-state index is -0.477. The number of hydrogen-bond acceptors (Lipinski definition) is 3. The van der Waals surface area contributed by atoms with E-state index < -0.39 is 5.41 Å². The molecule has 0 aliphatic rings. The summed E-state index contributed by atoms with van der Waals surface area (Å²) in [7, 11) is 0. The number of hydrogen-bond donors (Lipinski definition) is 0. The molecule has 0 aliphatic heterocycles. The molecule has 1 aromatic heterocycles. The molecule has 4 heteroatoms. The highest BCUT2D eigenvalue weighted by Gasteiger charge is 2.19. The van der Waals surface area contributed by atoms with E-state index in [0.717, 1.165) is 29.6 Å². The van der Waals surface area contributed by atoms with Gasteiger partial charge in [0.2, 0.25) is 0 Å². The molecule has 0 amide bonds. The summed E-state index contributed by atoms with van der Waals surface area (Å²) in [5, 5.41) is 9.23. The molecule has 1 heterocycles. The Morgan fingerprint density at radius 1 is 1.20 bits per heavy atom. The van der Waals surface area contributed by atoms with Crippen molar-refractivity contribution in [3.8, 4) is 6.07 Å². The van der Waals surface area contributed by atoms with Gasteiger partial charge < -0.3 is 4.57 Å². The zero-order valence-electron chi connectivity index (χ0n) is 14.8. The molecule has 3 rings (SSSR count). The fraction of sp³-hybridized carbons (Fsp3) is 0.286. The van der Waals surface area contributed by atoms with Crippen LogP contribution in [0.5, 0.6) is 0 Å². The molecule has 3 aromatic rings. The quantitative estimate of drug-likeness (QED) is 0.656. The number of aryl methyl sites for hydroxylation is 2. The van der Waals surface area contributed by atoms with Crippen LogP contribution < -0.4 is 0 Å².